The topological polar surface area (TPSA) is 93.8 Å². The van der Waals surface area contributed by atoms with Gasteiger partial charge < -0.3 is 14.5 Å². The highest BCUT2D eigenvalue weighted by Crippen LogP contribution is 2.34. The lowest BCUT2D eigenvalue weighted by molar-refractivity contribution is 0.416. The Morgan fingerprint density at radius 2 is 1.88 bits per heavy atom. The molecule has 0 bridgehead atoms. The van der Waals surface area contributed by atoms with Gasteiger partial charge in [-0.15, -0.1) is 0 Å². The summed E-state index contributed by atoms with van der Waals surface area (Å²) in [6.07, 6.45) is 8.75. The molecule has 178 valence electrons. The van der Waals surface area contributed by atoms with Gasteiger partial charge in [-0.2, -0.15) is 0 Å². The second-order valence-corrected chi connectivity index (χ2v) is 10.3. The Bertz CT molecular complexity index is 1320. The number of anilines is 2. The van der Waals surface area contributed by atoms with E-state index in [0.29, 0.717) is 30.0 Å². The standard InChI is InChI=1S/C26H29N3O4S/c1-4-20(5-2)34(30,31)21-12-13-24(32-3)23(16-21)29-26-28-17-25(33-26)19-10-8-9-18(15-19)22-11-6-7-14-27-22/h8-17,20H,4-7H2,1-3H3,(H,28,29). The van der Waals surface area contributed by atoms with Crippen LogP contribution in [0.3, 0.4) is 0 Å². The molecule has 0 unspecified atom stereocenters. The summed E-state index contributed by atoms with van der Waals surface area (Å²) < 4.78 is 37.4. The molecule has 2 aromatic carbocycles. The first-order valence-electron chi connectivity index (χ1n) is 11.4. The van der Waals surface area contributed by atoms with E-state index in [0.717, 1.165) is 29.7 Å². The number of sulfone groups is 1. The van der Waals surface area contributed by atoms with Gasteiger partial charge in [-0.25, -0.2) is 13.4 Å². The van der Waals surface area contributed by atoms with E-state index >= 15 is 0 Å². The molecule has 0 radical (unpaired) electrons. The molecule has 2 heterocycles. The third kappa shape index (κ3) is 4.92. The molecule has 1 aliphatic heterocycles. The van der Waals surface area contributed by atoms with Crippen molar-refractivity contribution in [2.45, 2.75) is 49.7 Å². The first-order valence-corrected chi connectivity index (χ1v) is 13.0. The Labute approximate surface area is 200 Å². The van der Waals surface area contributed by atoms with Gasteiger partial charge in [0, 0.05) is 17.3 Å². The summed E-state index contributed by atoms with van der Waals surface area (Å²) in [4.78, 5) is 9.06. The van der Waals surface area contributed by atoms with Gasteiger partial charge in [0.1, 0.15) is 5.75 Å². The quantitative estimate of drug-likeness (QED) is 0.389. The molecule has 1 aliphatic rings. The molecule has 1 aromatic heterocycles. The van der Waals surface area contributed by atoms with E-state index in [1.807, 2.05) is 44.3 Å². The molecule has 0 aliphatic carbocycles. The summed E-state index contributed by atoms with van der Waals surface area (Å²) in [5.41, 5.74) is 3.31. The minimum atomic E-state index is -3.46. The van der Waals surface area contributed by atoms with Gasteiger partial charge in [-0.1, -0.05) is 38.1 Å². The van der Waals surface area contributed by atoms with Crippen molar-refractivity contribution < 1.29 is 17.6 Å². The summed E-state index contributed by atoms with van der Waals surface area (Å²) in [5.74, 6) is 1.08. The molecule has 0 amide bonds. The van der Waals surface area contributed by atoms with Crippen LogP contribution in [0.5, 0.6) is 5.75 Å². The monoisotopic (exact) mass is 479 g/mol. The highest BCUT2D eigenvalue weighted by atomic mass is 32.2. The van der Waals surface area contributed by atoms with Crippen molar-refractivity contribution in [3.63, 3.8) is 0 Å². The van der Waals surface area contributed by atoms with Crippen LogP contribution in [0.2, 0.25) is 0 Å². The van der Waals surface area contributed by atoms with Crippen LogP contribution in [0.15, 0.2) is 69.0 Å². The highest BCUT2D eigenvalue weighted by Gasteiger charge is 2.25. The number of allylic oxidation sites excluding steroid dienone is 1. The molecule has 8 heteroatoms. The lowest BCUT2D eigenvalue weighted by atomic mass is 10.0. The number of methoxy groups -OCH3 is 1. The molecule has 34 heavy (non-hydrogen) atoms. The maximum atomic E-state index is 13.0. The van der Waals surface area contributed by atoms with Crippen LogP contribution in [0.4, 0.5) is 11.7 Å². The number of nitrogens with one attached hydrogen (secondary N) is 1. The van der Waals surface area contributed by atoms with Crippen LogP contribution in [0, 0.1) is 0 Å². The molecule has 3 aromatic rings. The zero-order valence-electron chi connectivity index (χ0n) is 19.6. The van der Waals surface area contributed by atoms with E-state index < -0.39 is 15.1 Å². The summed E-state index contributed by atoms with van der Waals surface area (Å²) in [6, 6.07) is 13.0. The molecule has 0 fully saturated rings. The maximum Gasteiger partial charge on any atom is 0.299 e. The summed E-state index contributed by atoms with van der Waals surface area (Å²) in [7, 11) is -1.93. The Hall–Kier alpha value is -3.39. The second kappa shape index (κ2) is 10.3. The first-order chi connectivity index (χ1) is 16.5. The number of aromatic nitrogens is 1. The number of ether oxygens (including phenoxy) is 1. The molecular formula is C26H29N3O4S. The van der Waals surface area contributed by atoms with Crippen molar-refractivity contribution in [2.75, 3.05) is 12.4 Å². The minimum Gasteiger partial charge on any atom is -0.495 e. The zero-order chi connectivity index (χ0) is 24.1. The van der Waals surface area contributed by atoms with E-state index in [4.69, 9.17) is 9.15 Å². The lowest BCUT2D eigenvalue weighted by Gasteiger charge is -2.16. The van der Waals surface area contributed by atoms with Gasteiger partial charge in [-0.3, -0.25) is 4.99 Å². The van der Waals surface area contributed by atoms with Gasteiger partial charge in [0.2, 0.25) is 0 Å². The molecule has 0 atom stereocenters. The zero-order valence-corrected chi connectivity index (χ0v) is 20.4. The minimum absolute atomic E-state index is 0.241. The van der Waals surface area contributed by atoms with E-state index in [1.54, 1.807) is 24.4 Å². The van der Waals surface area contributed by atoms with Crippen molar-refractivity contribution in [1.82, 2.24) is 4.98 Å². The molecule has 1 N–H and O–H groups in total. The fraction of sp³-hybridized carbons (Fsp3) is 0.308. The van der Waals surface area contributed by atoms with Crippen LogP contribution in [0.1, 0.15) is 45.1 Å². The van der Waals surface area contributed by atoms with E-state index in [9.17, 15) is 8.42 Å². The number of rotatable bonds is 9. The predicted molar refractivity (Wildman–Crippen MR) is 135 cm³/mol. The van der Waals surface area contributed by atoms with E-state index in [1.165, 1.54) is 7.11 Å². The average Bonchev–Trinajstić information content (AvgIpc) is 3.34. The number of benzene rings is 2. The summed E-state index contributed by atoms with van der Waals surface area (Å²) in [6.45, 7) is 3.77. The van der Waals surface area contributed by atoms with Gasteiger partial charge >= 0.3 is 0 Å². The maximum absolute atomic E-state index is 13.0. The van der Waals surface area contributed by atoms with Gasteiger partial charge in [-0.05, 0) is 49.9 Å². The largest absolute Gasteiger partial charge is 0.495 e. The fourth-order valence-corrected chi connectivity index (χ4v) is 5.80. The molecule has 0 saturated carbocycles. The number of hydrogen-bond donors (Lipinski definition) is 1. The van der Waals surface area contributed by atoms with Crippen LogP contribution in [-0.4, -0.2) is 32.0 Å². The van der Waals surface area contributed by atoms with Crippen molar-refractivity contribution >= 4 is 33.5 Å². The third-order valence-electron chi connectivity index (χ3n) is 5.90. The molecule has 7 nitrogen and oxygen atoms in total. The predicted octanol–water partition coefficient (Wildman–Crippen LogP) is 6.26. The van der Waals surface area contributed by atoms with Gasteiger partial charge in [0.05, 0.1) is 34.8 Å². The van der Waals surface area contributed by atoms with E-state index in [2.05, 4.69) is 21.4 Å². The molecule has 4 rings (SSSR count). The fourth-order valence-electron chi connectivity index (χ4n) is 4.00. The van der Waals surface area contributed by atoms with Crippen molar-refractivity contribution in [2.24, 2.45) is 4.99 Å². The van der Waals surface area contributed by atoms with Crippen molar-refractivity contribution in [3.05, 3.63) is 60.3 Å². The van der Waals surface area contributed by atoms with Crippen molar-refractivity contribution in [1.29, 1.82) is 0 Å². The van der Waals surface area contributed by atoms with Crippen molar-refractivity contribution in [3.8, 4) is 17.1 Å². The number of hydrogen-bond acceptors (Lipinski definition) is 7. The van der Waals surface area contributed by atoms with Gasteiger partial charge in [0.25, 0.3) is 6.01 Å². The normalized spacial score (nSPS) is 13.7. The number of oxazole rings is 1. The molecular weight excluding hydrogens is 450 g/mol. The summed E-state index contributed by atoms with van der Waals surface area (Å²) in [5, 5.41) is 2.64. The van der Waals surface area contributed by atoms with E-state index in [-0.39, 0.29) is 10.9 Å². The Morgan fingerprint density at radius 1 is 1.09 bits per heavy atom. The Kier molecular flexibility index (Phi) is 7.17. The third-order valence-corrected chi connectivity index (χ3v) is 8.36. The molecule has 0 spiro atoms. The van der Waals surface area contributed by atoms with Gasteiger partial charge in [0.15, 0.2) is 15.6 Å². The molecule has 0 saturated heterocycles. The van der Waals surface area contributed by atoms with Crippen LogP contribution in [-0.2, 0) is 9.84 Å². The SMILES string of the molecule is CCC(CC)S(=O)(=O)c1ccc(OC)c(Nc2ncc(-c3cccc(C4=CCCC=N4)c3)o2)c1. The van der Waals surface area contributed by atoms with Crippen LogP contribution in [0.25, 0.3) is 17.0 Å². The lowest BCUT2D eigenvalue weighted by Crippen LogP contribution is -2.19. The first kappa shape index (κ1) is 23.8. The average molecular weight is 480 g/mol. The second-order valence-electron chi connectivity index (χ2n) is 8.06. The highest BCUT2D eigenvalue weighted by molar-refractivity contribution is 7.92. The smallest absolute Gasteiger partial charge is 0.299 e. The Morgan fingerprint density at radius 3 is 2.59 bits per heavy atom. The summed E-state index contributed by atoms with van der Waals surface area (Å²) >= 11 is 0. The van der Waals surface area contributed by atoms with Crippen LogP contribution >= 0.6 is 0 Å². The Balaban J connectivity index is 1.61. The number of nitrogens with zero attached hydrogens (tertiary/aromatic N) is 2. The van der Waals surface area contributed by atoms with Crippen LogP contribution < -0.4 is 10.1 Å². The number of aliphatic imine (C=N–C) groups is 1.